The summed E-state index contributed by atoms with van der Waals surface area (Å²) in [5.41, 5.74) is 4.74. The number of aryl methyl sites for hydroxylation is 1. The van der Waals surface area contributed by atoms with E-state index < -0.39 is 11.7 Å². The number of hydrogen-bond donors (Lipinski definition) is 1. The number of anilines is 1. The van der Waals surface area contributed by atoms with E-state index in [-0.39, 0.29) is 23.4 Å². The Morgan fingerprint density at radius 3 is 2.57 bits per heavy atom. The second kappa shape index (κ2) is 5.55. The lowest BCUT2D eigenvalue weighted by Gasteiger charge is -2.15. The maximum absolute atomic E-state index is 13.0. The zero-order valence-electron chi connectivity index (χ0n) is 11.0. The lowest BCUT2D eigenvalue weighted by Crippen LogP contribution is -2.23. The van der Waals surface area contributed by atoms with Gasteiger partial charge in [0.25, 0.3) is 5.56 Å². The van der Waals surface area contributed by atoms with Crippen LogP contribution in [0.4, 0.5) is 18.9 Å². The summed E-state index contributed by atoms with van der Waals surface area (Å²) in [6.07, 6.45) is -3.05. The number of nitrogens with zero attached hydrogens (tertiary/aromatic N) is 1. The van der Waals surface area contributed by atoms with Crippen LogP contribution >= 0.6 is 15.9 Å². The molecule has 0 spiro atoms. The summed E-state index contributed by atoms with van der Waals surface area (Å²) in [6.45, 7) is 1.44. The van der Waals surface area contributed by atoms with Gasteiger partial charge in [-0.2, -0.15) is 13.2 Å². The van der Waals surface area contributed by atoms with Gasteiger partial charge in [0.05, 0.1) is 12.1 Å². The van der Waals surface area contributed by atoms with E-state index in [1.165, 1.54) is 22.9 Å². The molecule has 21 heavy (non-hydrogen) atoms. The van der Waals surface area contributed by atoms with Crippen molar-refractivity contribution in [2.75, 3.05) is 5.73 Å². The molecule has 0 amide bonds. The highest BCUT2D eigenvalue weighted by atomic mass is 79.9. The van der Waals surface area contributed by atoms with Crippen molar-refractivity contribution < 1.29 is 13.2 Å². The number of nitrogens with two attached hydrogens (primary N) is 1. The van der Waals surface area contributed by atoms with Crippen LogP contribution in [0.15, 0.2) is 39.7 Å². The van der Waals surface area contributed by atoms with Crippen molar-refractivity contribution in [3.8, 4) is 0 Å². The molecule has 112 valence electrons. The Morgan fingerprint density at radius 2 is 1.95 bits per heavy atom. The molecular formula is C14H12BrF3N2O. The predicted molar refractivity (Wildman–Crippen MR) is 78.1 cm³/mol. The van der Waals surface area contributed by atoms with Gasteiger partial charge in [-0.3, -0.25) is 4.79 Å². The van der Waals surface area contributed by atoms with E-state index in [2.05, 4.69) is 15.9 Å². The average molecular weight is 361 g/mol. The number of pyridine rings is 1. The van der Waals surface area contributed by atoms with E-state index in [1.54, 1.807) is 13.0 Å². The highest BCUT2D eigenvalue weighted by Gasteiger charge is 2.33. The molecule has 0 bridgehead atoms. The van der Waals surface area contributed by atoms with Crippen LogP contribution in [-0.4, -0.2) is 4.57 Å². The molecule has 0 saturated carbocycles. The molecule has 0 aliphatic heterocycles. The Bertz CT molecular complexity index is 738. The van der Waals surface area contributed by atoms with Crippen LogP contribution in [0.25, 0.3) is 0 Å². The van der Waals surface area contributed by atoms with Gasteiger partial charge >= 0.3 is 6.18 Å². The minimum Gasteiger partial charge on any atom is -0.399 e. The normalized spacial score (nSPS) is 11.7. The summed E-state index contributed by atoms with van der Waals surface area (Å²) in [7, 11) is 0. The maximum Gasteiger partial charge on any atom is 0.416 e. The van der Waals surface area contributed by atoms with Crippen LogP contribution in [0.2, 0.25) is 0 Å². The zero-order valence-corrected chi connectivity index (χ0v) is 12.6. The minimum atomic E-state index is -4.52. The summed E-state index contributed by atoms with van der Waals surface area (Å²) in [5.74, 6) is 0. The summed E-state index contributed by atoms with van der Waals surface area (Å²) >= 11 is 3.23. The van der Waals surface area contributed by atoms with E-state index in [4.69, 9.17) is 5.73 Å². The topological polar surface area (TPSA) is 48.0 Å². The highest BCUT2D eigenvalue weighted by Crippen LogP contribution is 2.33. The Labute approximate surface area is 127 Å². The molecule has 0 unspecified atom stereocenters. The number of hydrogen-bond acceptors (Lipinski definition) is 2. The van der Waals surface area contributed by atoms with Crippen LogP contribution in [0.1, 0.15) is 16.7 Å². The van der Waals surface area contributed by atoms with Gasteiger partial charge in [-0.25, -0.2) is 0 Å². The molecule has 0 aliphatic rings. The first-order chi connectivity index (χ1) is 9.68. The number of nitrogen functional groups attached to an aromatic ring is 1. The average Bonchev–Trinajstić information content (AvgIpc) is 2.36. The molecule has 2 rings (SSSR count). The Kier molecular flexibility index (Phi) is 4.13. The summed E-state index contributed by atoms with van der Waals surface area (Å²) in [6, 6.07) is 5.18. The molecule has 3 nitrogen and oxygen atoms in total. The first-order valence-electron chi connectivity index (χ1n) is 6.00. The Morgan fingerprint density at radius 1 is 1.29 bits per heavy atom. The van der Waals surface area contributed by atoms with Crippen molar-refractivity contribution in [2.45, 2.75) is 19.6 Å². The third-order valence-corrected chi connectivity index (χ3v) is 3.45. The molecule has 2 N–H and O–H groups in total. The van der Waals surface area contributed by atoms with Crippen molar-refractivity contribution in [1.29, 1.82) is 0 Å². The van der Waals surface area contributed by atoms with Crippen LogP contribution in [0, 0.1) is 6.92 Å². The van der Waals surface area contributed by atoms with Crippen LogP contribution in [0.3, 0.4) is 0 Å². The van der Waals surface area contributed by atoms with Gasteiger partial charge in [-0.1, -0.05) is 6.07 Å². The van der Waals surface area contributed by atoms with Gasteiger partial charge in [0.15, 0.2) is 0 Å². The summed E-state index contributed by atoms with van der Waals surface area (Å²) in [4.78, 5) is 12.0. The van der Waals surface area contributed by atoms with E-state index in [0.717, 1.165) is 6.07 Å². The van der Waals surface area contributed by atoms with Crippen LogP contribution in [0.5, 0.6) is 0 Å². The molecule has 0 fully saturated rings. The van der Waals surface area contributed by atoms with Gasteiger partial charge < -0.3 is 10.3 Å². The highest BCUT2D eigenvalue weighted by molar-refractivity contribution is 9.10. The van der Waals surface area contributed by atoms with E-state index in [9.17, 15) is 18.0 Å². The summed E-state index contributed by atoms with van der Waals surface area (Å²) < 4.78 is 41.0. The molecule has 1 aromatic heterocycles. The van der Waals surface area contributed by atoms with Crippen molar-refractivity contribution in [3.63, 3.8) is 0 Å². The monoisotopic (exact) mass is 360 g/mol. The molecule has 1 heterocycles. The van der Waals surface area contributed by atoms with Crippen molar-refractivity contribution in [3.05, 3.63) is 62.0 Å². The van der Waals surface area contributed by atoms with Crippen molar-refractivity contribution in [1.82, 2.24) is 4.57 Å². The van der Waals surface area contributed by atoms with Gasteiger partial charge in [-0.05, 0) is 46.6 Å². The van der Waals surface area contributed by atoms with E-state index in [1.807, 2.05) is 0 Å². The molecule has 0 atom stereocenters. The van der Waals surface area contributed by atoms with Gasteiger partial charge in [0.1, 0.15) is 0 Å². The molecule has 0 radical (unpaired) electrons. The second-order valence-corrected chi connectivity index (χ2v) is 5.60. The molecule has 0 saturated heterocycles. The minimum absolute atomic E-state index is 0.00343. The SMILES string of the molecule is Cc1cc(Br)cn(Cc2ccc(N)cc2C(F)(F)F)c1=O. The first kappa shape index (κ1) is 15.6. The number of benzene rings is 1. The smallest absolute Gasteiger partial charge is 0.399 e. The van der Waals surface area contributed by atoms with E-state index >= 15 is 0 Å². The second-order valence-electron chi connectivity index (χ2n) is 4.69. The van der Waals surface area contributed by atoms with Crippen LogP contribution < -0.4 is 11.3 Å². The predicted octanol–water partition coefficient (Wildman–Crippen LogP) is 3.57. The zero-order chi connectivity index (χ0) is 15.8. The fourth-order valence-corrected chi connectivity index (χ4v) is 2.63. The third kappa shape index (κ3) is 3.47. The Balaban J connectivity index is 2.53. The first-order valence-corrected chi connectivity index (χ1v) is 6.80. The van der Waals surface area contributed by atoms with Crippen molar-refractivity contribution >= 4 is 21.6 Å². The van der Waals surface area contributed by atoms with Gasteiger partial charge in [-0.15, -0.1) is 0 Å². The molecule has 0 aliphatic carbocycles. The molecular weight excluding hydrogens is 349 g/mol. The fourth-order valence-electron chi connectivity index (χ4n) is 2.04. The number of rotatable bonds is 2. The Hall–Kier alpha value is -1.76. The molecule has 1 aromatic carbocycles. The van der Waals surface area contributed by atoms with E-state index in [0.29, 0.717) is 10.0 Å². The quantitative estimate of drug-likeness (QED) is 0.832. The van der Waals surface area contributed by atoms with Gasteiger partial charge in [0.2, 0.25) is 0 Å². The third-order valence-electron chi connectivity index (χ3n) is 3.01. The standard InChI is InChI=1S/C14H12BrF3N2O/c1-8-4-10(15)7-20(13(8)21)6-9-2-3-11(19)5-12(9)14(16,17)18/h2-5,7H,6,19H2,1H3. The lowest BCUT2D eigenvalue weighted by atomic mass is 10.1. The van der Waals surface area contributed by atoms with Crippen molar-refractivity contribution in [2.24, 2.45) is 0 Å². The lowest BCUT2D eigenvalue weighted by molar-refractivity contribution is -0.138. The number of halogens is 4. The molecule has 2 aromatic rings. The molecule has 7 heteroatoms. The summed E-state index contributed by atoms with van der Waals surface area (Å²) in [5, 5.41) is 0. The number of aromatic nitrogens is 1. The largest absolute Gasteiger partial charge is 0.416 e. The fraction of sp³-hybridized carbons (Fsp3) is 0.214. The van der Waals surface area contributed by atoms with Gasteiger partial charge in [0, 0.05) is 21.9 Å². The maximum atomic E-state index is 13.0. The number of alkyl halides is 3. The van der Waals surface area contributed by atoms with Crippen LogP contribution in [-0.2, 0) is 12.7 Å².